The van der Waals surface area contributed by atoms with Gasteiger partial charge in [-0.3, -0.25) is 0 Å². The zero-order valence-corrected chi connectivity index (χ0v) is 11.2. The van der Waals surface area contributed by atoms with E-state index in [0.717, 1.165) is 52.0 Å². The molecule has 2 aliphatic heterocycles. The van der Waals surface area contributed by atoms with E-state index in [1.807, 2.05) is 7.05 Å². The van der Waals surface area contributed by atoms with Crippen molar-refractivity contribution in [2.75, 3.05) is 40.0 Å². The first-order valence-electron chi connectivity index (χ1n) is 6.95. The lowest BCUT2D eigenvalue weighted by Gasteiger charge is -2.31. The summed E-state index contributed by atoms with van der Waals surface area (Å²) >= 11 is 0. The Kier molecular flexibility index (Phi) is 5.26. The number of rotatable bonds is 3. The predicted octanol–water partition coefficient (Wildman–Crippen LogP) is 1.23. The maximum Gasteiger partial charge on any atom is 0.409 e. The molecule has 0 atom stereocenters. The molecule has 2 rings (SSSR count). The second-order valence-electron chi connectivity index (χ2n) is 5.22. The highest BCUT2D eigenvalue weighted by Gasteiger charge is 2.24. The van der Waals surface area contributed by atoms with Crippen molar-refractivity contribution in [1.82, 2.24) is 10.2 Å². The fourth-order valence-electron chi connectivity index (χ4n) is 2.56. The van der Waals surface area contributed by atoms with Crippen molar-refractivity contribution in [2.45, 2.75) is 31.7 Å². The van der Waals surface area contributed by atoms with Crippen LogP contribution in [-0.4, -0.2) is 57.0 Å². The molecule has 2 saturated heterocycles. The predicted molar refractivity (Wildman–Crippen MR) is 68.5 cm³/mol. The van der Waals surface area contributed by atoms with Gasteiger partial charge in [0.25, 0.3) is 0 Å². The van der Waals surface area contributed by atoms with Crippen LogP contribution < -0.4 is 5.32 Å². The smallest absolute Gasteiger partial charge is 0.409 e. The van der Waals surface area contributed by atoms with Gasteiger partial charge < -0.3 is 19.7 Å². The van der Waals surface area contributed by atoms with Crippen LogP contribution >= 0.6 is 0 Å². The van der Waals surface area contributed by atoms with E-state index in [9.17, 15) is 4.79 Å². The molecule has 0 aliphatic carbocycles. The van der Waals surface area contributed by atoms with Crippen molar-refractivity contribution in [1.29, 1.82) is 0 Å². The van der Waals surface area contributed by atoms with Gasteiger partial charge in [0, 0.05) is 26.3 Å². The van der Waals surface area contributed by atoms with Crippen LogP contribution in [0.1, 0.15) is 25.7 Å². The van der Waals surface area contributed by atoms with Crippen molar-refractivity contribution >= 4 is 6.09 Å². The molecule has 0 bridgehead atoms. The van der Waals surface area contributed by atoms with Crippen molar-refractivity contribution < 1.29 is 14.3 Å². The molecule has 18 heavy (non-hydrogen) atoms. The van der Waals surface area contributed by atoms with Crippen LogP contribution in [0.25, 0.3) is 0 Å². The molecule has 2 fully saturated rings. The molecule has 2 aliphatic rings. The Morgan fingerprint density at radius 2 is 1.94 bits per heavy atom. The molecular formula is C13H24N2O3. The number of amides is 1. The number of carbonyl (C=O) groups is 1. The van der Waals surface area contributed by atoms with E-state index in [1.165, 1.54) is 0 Å². The van der Waals surface area contributed by atoms with Gasteiger partial charge in [-0.15, -0.1) is 0 Å². The number of ether oxygens (including phenoxy) is 2. The van der Waals surface area contributed by atoms with E-state index in [2.05, 4.69) is 5.32 Å². The molecule has 5 heteroatoms. The molecule has 0 aromatic heterocycles. The molecular weight excluding hydrogens is 232 g/mol. The number of piperidine rings is 1. The first-order chi connectivity index (χ1) is 8.77. The molecule has 0 aromatic rings. The number of hydrogen-bond acceptors (Lipinski definition) is 4. The fraction of sp³-hybridized carbons (Fsp3) is 0.923. The highest BCUT2D eigenvalue weighted by Crippen LogP contribution is 2.16. The molecule has 0 saturated carbocycles. The molecule has 104 valence electrons. The first kappa shape index (κ1) is 13.6. The van der Waals surface area contributed by atoms with E-state index in [-0.39, 0.29) is 12.1 Å². The van der Waals surface area contributed by atoms with Crippen molar-refractivity contribution in [2.24, 2.45) is 5.92 Å². The average molecular weight is 256 g/mol. The van der Waals surface area contributed by atoms with E-state index in [1.54, 1.807) is 4.90 Å². The van der Waals surface area contributed by atoms with E-state index in [0.29, 0.717) is 12.5 Å². The lowest BCUT2D eigenvalue weighted by molar-refractivity contribution is 0.0297. The van der Waals surface area contributed by atoms with Crippen LogP contribution in [0.5, 0.6) is 0 Å². The fourth-order valence-corrected chi connectivity index (χ4v) is 2.56. The van der Waals surface area contributed by atoms with E-state index in [4.69, 9.17) is 9.47 Å². The van der Waals surface area contributed by atoms with Crippen LogP contribution in [-0.2, 0) is 9.47 Å². The molecule has 2 heterocycles. The first-order valence-corrected chi connectivity index (χ1v) is 6.95. The highest BCUT2D eigenvalue weighted by atomic mass is 16.6. The monoisotopic (exact) mass is 256 g/mol. The molecule has 0 spiro atoms. The zero-order valence-electron chi connectivity index (χ0n) is 11.2. The summed E-state index contributed by atoms with van der Waals surface area (Å²) in [5.41, 5.74) is 0. The summed E-state index contributed by atoms with van der Waals surface area (Å²) in [7, 11) is 1.83. The van der Waals surface area contributed by atoms with Crippen LogP contribution in [0.3, 0.4) is 0 Å². The number of hydrogen-bond donors (Lipinski definition) is 1. The minimum absolute atomic E-state index is 0.180. The van der Waals surface area contributed by atoms with E-state index >= 15 is 0 Å². The van der Waals surface area contributed by atoms with Gasteiger partial charge >= 0.3 is 6.09 Å². The average Bonchev–Trinajstić information content (AvgIpc) is 2.46. The third kappa shape index (κ3) is 3.85. The summed E-state index contributed by atoms with van der Waals surface area (Å²) in [5.74, 6) is 0.526. The van der Waals surface area contributed by atoms with Crippen LogP contribution in [0.15, 0.2) is 0 Å². The summed E-state index contributed by atoms with van der Waals surface area (Å²) in [6.45, 7) is 4.14. The third-order valence-electron chi connectivity index (χ3n) is 3.93. The van der Waals surface area contributed by atoms with Gasteiger partial charge in [0.2, 0.25) is 0 Å². The largest absolute Gasteiger partial charge is 0.449 e. The standard InChI is InChI=1S/C13H24N2O3/c1-15(12-4-8-17-9-5-12)13(16)18-10-11-2-6-14-7-3-11/h11-12,14H,2-10H2,1H3. The van der Waals surface area contributed by atoms with Crippen molar-refractivity contribution in [3.05, 3.63) is 0 Å². The van der Waals surface area contributed by atoms with Crippen LogP contribution in [0.2, 0.25) is 0 Å². The van der Waals surface area contributed by atoms with Crippen LogP contribution in [0, 0.1) is 5.92 Å². The Bertz CT molecular complexity index is 261. The van der Waals surface area contributed by atoms with Crippen molar-refractivity contribution in [3.8, 4) is 0 Å². The van der Waals surface area contributed by atoms with E-state index < -0.39 is 0 Å². The quantitative estimate of drug-likeness (QED) is 0.825. The lowest BCUT2D eigenvalue weighted by Crippen LogP contribution is -2.41. The minimum atomic E-state index is -0.180. The van der Waals surface area contributed by atoms with Gasteiger partial charge in [0.05, 0.1) is 6.61 Å². The van der Waals surface area contributed by atoms with Gasteiger partial charge in [0.1, 0.15) is 0 Å². The molecule has 1 amide bonds. The Morgan fingerprint density at radius 1 is 1.28 bits per heavy atom. The summed E-state index contributed by atoms with van der Waals surface area (Å²) < 4.78 is 10.7. The minimum Gasteiger partial charge on any atom is -0.449 e. The Labute approximate surface area is 109 Å². The molecule has 0 radical (unpaired) electrons. The number of nitrogens with one attached hydrogen (secondary N) is 1. The van der Waals surface area contributed by atoms with Gasteiger partial charge in [0.15, 0.2) is 0 Å². The Hall–Kier alpha value is -0.810. The molecule has 1 N–H and O–H groups in total. The van der Waals surface area contributed by atoms with Gasteiger partial charge in [-0.05, 0) is 44.7 Å². The Morgan fingerprint density at radius 3 is 2.61 bits per heavy atom. The third-order valence-corrected chi connectivity index (χ3v) is 3.93. The molecule has 0 aromatic carbocycles. The van der Waals surface area contributed by atoms with Gasteiger partial charge in [-0.1, -0.05) is 0 Å². The van der Waals surface area contributed by atoms with Crippen molar-refractivity contribution in [3.63, 3.8) is 0 Å². The Balaban J connectivity index is 1.69. The van der Waals surface area contributed by atoms with Gasteiger partial charge in [-0.2, -0.15) is 0 Å². The number of nitrogens with zero attached hydrogens (tertiary/aromatic N) is 1. The highest BCUT2D eigenvalue weighted by molar-refractivity contribution is 5.67. The normalized spacial score (nSPS) is 22.7. The second kappa shape index (κ2) is 6.95. The second-order valence-corrected chi connectivity index (χ2v) is 5.22. The zero-order chi connectivity index (χ0) is 12.8. The number of carbonyl (C=O) groups excluding carboxylic acids is 1. The summed E-state index contributed by atoms with van der Waals surface area (Å²) in [6.07, 6.45) is 3.86. The summed E-state index contributed by atoms with van der Waals surface area (Å²) in [6, 6.07) is 0.277. The molecule has 0 unspecified atom stereocenters. The maximum atomic E-state index is 11.9. The topological polar surface area (TPSA) is 50.8 Å². The van der Waals surface area contributed by atoms with Gasteiger partial charge in [-0.25, -0.2) is 4.79 Å². The summed E-state index contributed by atoms with van der Waals surface area (Å²) in [5, 5.41) is 3.31. The maximum absolute atomic E-state index is 11.9. The SMILES string of the molecule is CN(C(=O)OCC1CCNCC1)C1CCOCC1. The molecule has 5 nitrogen and oxygen atoms in total. The van der Waals surface area contributed by atoms with Crippen LogP contribution in [0.4, 0.5) is 4.79 Å². The lowest BCUT2D eigenvalue weighted by atomic mass is 9.99. The summed E-state index contributed by atoms with van der Waals surface area (Å²) in [4.78, 5) is 13.7.